The van der Waals surface area contributed by atoms with Gasteiger partial charge in [-0.3, -0.25) is 4.79 Å². The Kier molecular flexibility index (Phi) is 4.02. The molecule has 104 valence electrons. The van der Waals surface area contributed by atoms with Gasteiger partial charge >= 0.3 is 0 Å². The molecule has 0 fully saturated rings. The molecule has 0 saturated carbocycles. The molecule has 1 aliphatic rings. The van der Waals surface area contributed by atoms with E-state index < -0.39 is 0 Å². The number of hydrogen-bond donors (Lipinski definition) is 2. The monoisotopic (exact) mass is 286 g/mol. The van der Waals surface area contributed by atoms with Gasteiger partial charge in [0, 0.05) is 24.3 Å². The van der Waals surface area contributed by atoms with E-state index in [2.05, 4.69) is 33.5 Å². The fourth-order valence-electron chi connectivity index (χ4n) is 2.57. The largest absolute Gasteiger partial charge is 0.385 e. The van der Waals surface area contributed by atoms with Crippen molar-refractivity contribution >= 4 is 22.9 Å². The number of benzene rings is 1. The van der Waals surface area contributed by atoms with Gasteiger partial charge < -0.3 is 10.6 Å². The molecule has 2 aromatic rings. The van der Waals surface area contributed by atoms with Crippen LogP contribution in [-0.2, 0) is 12.8 Å². The van der Waals surface area contributed by atoms with E-state index in [9.17, 15) is 4.79 Å². The molecule has 0 radical (unpaired) electrons. The molecule has 4 heteroatoms. The van der Waals surface area contributed by atoms with Crippen LogP contribution in [0.4, 0.5) is 5.69 Å². The van der Waals surface area contributed by atoms with Gasteiger partial charge in [0.1, 0.15) is 0 Å². The van der Waals surface area contributed by atoms with Crippen LogP contribution < -0.4 is 10.6 Å². The molecule has 2 heterocycles. The van der Waals surface area contributed by atoms with Crippen molar-refractivity contribution < 1.29 is 4.79 Å². The first-order valence-electron chi connectivity index (χ1n) is 6.99. The maximum atomic E-state index is 12.3. The van der Waals surface area contributed by atoms with Gasteiger partial charge in [-0.1, -0.05) is 6.07 Å². The van der Waals surface area contributed by atoms with Crippen molar-refractivity contribution in [3.8, 4) is 0 Å². The topological polar surface area (TPSA) is 41.1 Å². The molecule has 0 saturated heterocycles. The van der Waals surface area contributed by atoms with Gasteiger partial charge in [0.15, 0.2) is 0 Å². The number of hydrogen-bond acceptors (Lipinski definition) is 3. The van der Waals surface area contributed by atoms with E-state index in [1.165, 1.54) is 5.56 Å². The maximum absolute atomic E-state index is 12.3. The molecule has 0 aliphatic carbocycles. The highest BCUT2D eigenvalue weighted by Crippen LogP contribution is 2.25. The minimum Gasteiger partial charge on any atom is -0.385 e. The van der Waals surface area contributed by atoms with Crippen LogP contribution >= 0.6 is 11.3 Å². The van der Waals surface area contributed by atoms with Crippen LogP contribution in [0, 0.1) is 0 Å². The third-order valence-corrected chi connectivity index (χ3v) is 4.35. The zero-order chi connectivity index (χ0) is 13.8. The second-order valence-electron chi connectivity index (χ2n) is 5.00. The second kappa shape index (κ2) is 6.09. The number of carbonyl (C=O) groups is 1. The van der Waals surface area contributed by atoms with E-state index in [1.807, 2.05) is 12.1 Å². The van der Waals surface area contributed by atoms with Gasteiger partial charge in [-0.2, -0.15) is 11.3 Å². The third-order valence-electron chi connectivity index (χ3n) is 3.62. The Hall–Kier alpha value is -1.81. The minimum absolute atomic E-state index is 0.0424. The van der Waals surface area contributed by atoms with Crippen molar-refractivity contribution in [2.24, 2.45) is 0 Å². The van der Waals surface area contributed by atoms with Gasteiger partial charge in [-0.05, 0) is 59.3 Å². The van der Waals surface area contributed by atoms with Gasteiger partial charge in [-0.25, -0.2) is 0 Å². The summed E-state index contributed by atoms with van der Waals surface area (Å²) in [5.41, 5.74) is 4.38. The number of amides is 1. The Labute approximate surface area is 123 Å². The summed E-state index contributed by atoms with van der Waals surface area (Å²) >= 11 is 1.69. The normalized spacial score (nSPS) is 13.4. The molecule has 1 aromatic heterocycles. The van der Waals surface area contributed by atoms with Gasteiger partial charge in [-0.15, -0.1) is 0 Å². The van der Waals surface area contributed by atoms with Crippen molar-refractivity contribution in [3.63, 3.8) is 0 Å². The smallest absolute Gasteiger partial charge is 0.251 e. The molecule has 0 unspecified atom stereocenters. The van der Waals surface area contributed by atoms with E-state index in [1.54, 1.807) is 11.3 Å². The Morgan fingerprint density at radius 1 is 1.35 bits per heavy atom. The number of anilines is 1. The van der Waals surface area contributed by atoms with Gasteiger partial charge in [0.05, 0.1) is 0 Å². The SMILES string of the molecule is O=C(NCCc1ccsc1)c1cccc2c1CCCN2. The average molecular weight is 286 g/mol. The van der Waals surface area contributed by atoms with Crippen molar-refractivity contribution in [3.05, 3.63) is 51.7 Å². The molecule has 3 nitrogen and oxygen atoms in total. The molecule has 2 N–H and O–H groups in total. The van der Waals surface area contributed by atoms with Crippen LogP contribution in [-0.4, -0.2) is 19.0 Å². The van der Waals surface area contributed by atoms with Gasteiger partial charge in [0.2, 0.25) is 0 Å². The highest BCUT2D eigenvalue weighted by molar-refractivity contribution is 7.07. The molecule has 20 heavy (non-hydrogen) atoms. The second-order valence-corrected chi connectivity index (χ2v) is 5.78. The van der Waals surface area contributed by atoms with Crippen molar-refractivity contribution in [1.29, 1.82) is 0 Å². The molecule has 0 spiro atoms. The highest BCUT2D eigenvalue weighted by Gasteiger charge is 2.16. The average Bonchev–Trinajstić information content (AvgIpc) is 3.00. The van der Waals surface area contributed by atoms with Crippen molar-refractivity contribution in [1.82, 2.24) is 5.32 Å². The molecular formula is C16H18N2OS. The zero-order valence-corrected chi connectivity index (χ0v) is 12.1. The Morgan fingerprint density at radius 2 is 2.30 bits per heavy atom. The first-order chi connectivity index (χ1) is 9.84. The number of rotatable bonds is 4. The summed E-state index contributed by atoms with van der Waals surface area (Å²) in [6, 6.07) is 8.03. The third kappa shape index (κ3) is 2.85. The van der Waals surface area contributed by atoms with E-state index in [4.69, 9.17) is 0 Å². The summed E-state index contributed by atoms with van der Waals surface area (Å²) in [5, 5.41) is 10.6. The number of carbonyl (C=O) groups excluding carboxylic acids is 1. The Morgan fingerprint density at radius 3 is 3.15 bits per heavy atom. The van der Waals surface area contributed by atoms with Crippen molar-refractivity contribution in [2.45, 2.75) is 19.3 Å². The molecule has 3 rings (SSSR count). The molecule has 1 amide bonds. The lowest BCUT2D eigenvalue weighted by Crippen LogP contribution is -2.27. The van der Waals surface area contributed by atoms with E-state index in [-0.39, 0.29) is 5.91 Å². The maximum Gasteiger partial charge on any atom is 0.251 e. The molecule has 0 bridgehead atoms. The van der Waals surface area contributed by atoms with Gasteiger partial charge in [0.25, 0.3) is 5.91 Å². The lowest BCUT2D eigenvalue weighted by atomic mass is 9.97. The molecule has 1 aromatic carbocycles. The standard InChI is InChI=1S/C16H18N2OS/c19-16(18-9-6-12-7-10-20-11-12)14-3-1-5-15-13(14)4-2-8-17-15/h1,3,5,7,10-11,17H,2,4,6,8-9H2,(H,18,19). The van der Waals surface area contributed by atoms with Crippen LogP contribution in [0.15, 0.2) is 35.0 Å². The summed E-state index contributed by atoms with van der Waals surface area (Å²) in [7, 11) is 0. The minimum atomic E-state index is 0.0424. The Bertz CT molecular complexity index is 593. The first kappa shape index (κ1) is 13.2. The van der Waals surface area contributed by atoms with E-state index >= 15 is 0 Å². The van der Waals surface area contributed by atoms with Crippen LogP contribution in [0.3, 0.4) is 0 Å². The molecular weight excluding hydrogens is 268 g/mol. The van der Waals surface area contributed by atoms with Crippen LogP contribution in [0.2, 0.25) is 0 Å². The number of nitrogens with one attached hydrogen (secondary N) is 2. The molecule has 1 aliphatic heterocycles. The first-order valence-corrected chi connectivity index (χ1v) is 7.94. The quantitative estimate of drug-likeness (QED) is 0.907. The summed E-state index contributed by atoms with van der Waals surface area (Å²) < 4.78 is 0. The van der Waals surface area contributed by atoms with Crippen molar-refractivity contribution in [2.75, 3.05) is 18.4 Å². The summed E-state index contributed by atoms with van der Waals surface area (Å²) in [6.07, 6.45) is 2.96. The fourth-order valence-corrected chi connectivity index (χ4v) is 3.28. The summed E-state index contributed by atoms with van der Waals surface area (Å²) in [5.74, 6) is 0.0424. The summed E-state index contributed by atoms with van der Waals surface area (Å²) in [4.78, 5) is 12.3. The lowest BCUT2D eigenvalue weighted by Gasteiger charge is -2.20. The summed E-state index contributed by atoms with van der Waals surface area (Å²) in [6.45, 7) is 1.68. The molecule has 0 atom stereocenters. The fraction of sp³-hybridized carbons (Fsp3) is 0.312. The lowest BCUT2D eigenvalue weighted by molar-refractivity contribution is 0.0953. The zero-order valence-electron chi connectivity index (χ0n) is 11.3. The number of fused-ring (bicyclic) bond motifs is 1. The highest BCUT2D eigenvalue weighted by atomic mass is 32.1. The number of thiophene rings is 1. The predicted molar refractivity (Wildman–Crippen MR) is 83.6 cm³/mol. The van der Waals surface area contributed by atoms with E-state index in [0.29, 0.717) is 6.54 Å². The predicted octanol–water partition coefficient (Wildman–Crippen LogP) is 3.08. The Balaban J connectivity index is 1.65. The van der Waals surface area contributed by atoms with E-state index in [0.717, 1.165) is 42.6 Å². The van der Waals surface area contributed by atoms with Crippen LogP contribution in [0.1, 0.15) is 27.9 Å². The van der Waals surface area contributed by atoms with Crippen LogP contribution in [0.5, 0.6) is 0 Å². The van der Waals surface area contributed by atoms with Crippen LogP contribution in [0.25, 0.3) is 0 Å².